The Bertz CT molecular complexity index is 760. The lowest BCUT2D eigenvalue weighted by Gasteiger charge is -2.18. The third-order valence-electron chi connectivity index (χ3n) is 3.75. The summed E-state index contributed by atoms with van der Waals surface area (Å²) in [6, 6.07) is 10.6. The SMILES string of the molecule is COc1ccc(C)cc1[C@@H](C)NC(=O)CNC(=O)c1ccc(F)cc1. The molecule has 1 atom stereocenters. The van der Waals surface area contributed by atoms with Crippen LogP contribution in [0, 0.1) is 12.7 Å². The predicted molar refractivity (Wildman–Crippen MR) is 93.0 cm³/mol. The van der Waals surface area contributed by atoms with Crippen molar-refractivity contribution in [2.45, 2.75) is 19.9 Å². The van der Waals surface area contributed by atoms with E-state index in [0.717, 1.165) is 11.1 Å². The molecular formula is C19H21FN2O3. The summed E-state index contributed by atoms with van der Waals surface area (Å²) >= 11 is 0. The number of ether oxygens (including phenoxy) is 1. The number of amides is 2. The molecule has 0 spiro atoms. The molecular weight excluding hydrogens is 323 g/mol. The first-order chi connectivity index (χ1) is 11.9. The zero-order chi connectivity index (χ0) is 18.4. The molecule has 25 heavy (non-hydrogen) atoms. The highest BCUT2D eigenvalue weighted by Gasteiger charge is 2.15. The van der Waals surface area contributed by atoms with Crippen molar-refractivity contribution in [1.29, 1.82) is 0 Å². The Morgan fingerprint density at radius 1 is 1.16 bits per heavy atom. The molecule has 0 unspecified atom stereocenters. The maximum Gasteiger partial charge on any atom is 0.251 e. The maximum absolute atomic E-state index is 12.9. The van der Waals surface area contributed by atoms with E-state index >= 15 is 0 Å². The number of carbonyl (C=O) groups is 2. The Kier molecular flexibility index (Phi) is 6.11. The maximum atomic E-state index is 12.9. The molecule has 0 bridgehead atoms. The van der Waals surface area contributed by atoms with Crippen LogP contribution in [0.2, 0.25) is 0 Å². The van der Waals surface area contributed by atoms with Crippen LogP contribution in [-0.4, -0.2) is 25.5 Å². The van der Waals surface area contributed by atoms with Crippen molar-refractivity contribution >= 4 is 11.8 Å². The largest absolute Gasteiger partial charge is 0.496 e. The highest BCUT2D eigenvalue weighted by atomic mass is 19.1. The number of benzene rings is 2. The second kappa shape index (κ2) is 8.28. The molecule has 2 aromatic rings. The first-order valence-corrected chi connectivity index (χ1v) is 7.88. The van der Waals surface area contributed by atoms with E-state index in [1.54, 1.807) is 7.11 Å². The van der Waals surface area contributed by atoms with E-state index in [9.17, 15) is 14.0 Å². The van der Waals surface area contributed by atoms with E-state index in [0.29, 0.717) is 11.3 Å². The summed E-state index contributed by atoms with van der Waals surface area (Å²) in [7, 11) is 1.58. The number of rotatable bonds is 6. The molecule has 6 heteroatoms. The smallest absolute Gasteiger partial charge is 0.251 e. The van der Waals surface area contributed by atoms with Crippen LogP contribution in [0.15, 0.2) is 42.5 Å². The van der Waals surface area contributed by atoms with E-state index < -0.39 is 11.7 Å². The Morgan fingerprint density at radius 2 is 1.84 bits per heavy atom. The third kappa shape index (κ3) is 5.04. The number of aryl methyl sites for hydroxylation is 1. The number of methoxy groups -OCH3 is 1. The molecule has 0 aliphatic carbocycles. The van der Waals surface area contributed by atoms with Gasteiger partial charge >= 0.3 is 0 Å². The summed E-state index contributed by atoms with van der Waals surface area (Å²) in [5.41, 5.74) is 2.21. The minimum Gasteiger partial charge on any atom is -0.496 e. The highest BCUT2D eigenvalue weighted by Crippen LogP contribution is 2.25. The van der Waals surface area contributed by atoms with Gasteiger partial charge in [-0.1, -0.05) is 17.7 Å². The lowest BCUT2D eigenvalue weighted by molar-refractivity contribution is -0.120. The van der Waals surface area contributed by atoms with E-state index in [1.165, 1.54) is 24.3 Å². The van der Waals surface area contributed by atoms with E-state index in [2.05, 4.69) is 10.6 Å². The van der Waals surface area contributed by atoms with Crippen LogP contribution in [0.1, 0.15) is 34.5 Å². The van der Waals surface area contributed by atoms with Gasteiger partial charge in [0.2, 0.25) is 5.91 Å². The van der Waals surface area contributed by atoms with Gasteiger partial charge in [-0.25, -0.2) is 4.39 Å². The molecule has 0 saturated heterocycles. The molecule has 0 aromatic heterocycles. The second-order valence-corrected chi connectivity index (χ2v) is 5.72. The molecule has 0 radical (unpaired) electrons. The Hall–Kier alpha value is -2.89. The zero-order valence-electron chi connectivity index (χ0n) is 14.4. The third-order valence-corrected chi connectivity index (χ3v) is 3.75. The van der Waals surface area contributed by atoms with Gasteiger partial charge in [0.25, 0.3) is 5.91 Å². The van der Waals surface area contributed by atoms with Crippen molar-refractivity contribution in [1.82, 2.24) is 10.6 Å². The highest BCUT2D eigenvalue weighted by molar-refractivity contribution is 5.96. The second-order valence-electron chi connectivity index (χ2n) is 5.72. The molecule has 2 aromatic carbocycles. The van der Waals surface area contributed by atoms with Gasteiger partial charge in [-0.15, -0.1) is 0 Å². The van der Waals surface area contributed by atoms with Crippen LogP contribution in [0.5, 0.6) is 5.75 Å². The monoisotopic (exact) mass is 344 g/mol. The summed E-state index contributed by atoms with van der Waals surface area (Å²) in [4.78, 5) is 24.0. The van der Waals surface area contributed by atoms with Crippen LogP contribution < -0.4 is 15.4 Å². The van der Waals surface area contributed by atoms with Gasteiger partial charge in [-0.2, -0.15) is 0 Å². The fourth-order valence-corrected chi connectivity index (χ4v) is 2.43. The van der Waals surface area contributed by atoms with Crippen molar-refractivity contribution in [3.05, 3.63) is 65.0 Å². The summed E-state index contributed by atoms with van der Waals surface area (Å²) in [5.74, 6) is -0.494. The molecule has 5 nitrogen and oxygen atoms in total. The van der Waals surface area contributed by atoms with Gasteiger partial charge in [-0.05, 0) is 44.2 Å². The van der Waals surface area contributed by atoms with Gasteiger partial charge < -0.3 is 15.4 Å². The van der Waals surface area contributed by atoms with Crippen molar-refractivity contribution in [3.8, 4) is 5.75 Å². The lowest BCUT2D eigenvalue weighted by Crippen LogP contribution is -2.38. The first kappa shape index (κ1) is 18.4. The molecule has 132 valence electrons. The van der Waals surface area contributed by atoms with E-state index in [-0.39, 0.29) is 18.5 Å². The summed E-state index contributed by atoms with van der Waals surface area (Å²) in [6.07, 6.45) is 0. The molecule has 0 aliphatic rings. The van der Waals surface area contributed by atoms with Crippen molar-refractivity contribution in [2.24, 2.45) is 0 Å². The zero-order valence-corrected chi connectivity index (χ0v) is 14.4. The molecule has 2 amide bonds. The normalized spacial score (nSPS) is 11.5. The standard InChI is InChI=1S/C19H21FN2O3/c1-12-4-9-17(25-3)16(10-12)13(2)22-18(23)11-21-19(24)14-5-7-15(20)8-6-14/h4-10,13H,11H2,1-3H3,(H,21,24)(H,22,23)/t13-/m1/s1. The fourth-order valence-electron chi connectivity index (χ4n) is 2.43. The van der Waals surface area contributed by atoms with Crippen LogP contribution in [-0.2, 0) is 4.79 Å². The van der Waals surface area contributed by atoms with Crippen LogP contribution in [0.4, 0.5) is 4.39 Å². The molecule has 0 saturated carbocycles. The number of halogens is 1. The number of carbonyl (C=O) groups excluding carboxylic acids is 2. The van der Waals surface area contributed by atoms with Crippen LogP contribution in [0.3, 0.4) is 0 Å². The average Bonchev–Trinajstić information content (AvgIpc) is 2.60. The van der Waals surface area contributed by atoms with Crippen LogP contribution >= 0.6 is 0 Å². The average molecular weight is 344 g/mol. The van der Waals surface area contributed by atoms with Gasteiger partial charge in [0.15, 0.2) is 0 Å². The van der Waals surface area contributed by atoms with Gasteiger partial charge in [0.1, 0.15) is 11.6 Å². The summed E-state index contributed by atoms with van der Waals surface area (Å²) in [5, 5.41) is 5.33. The topological polar surface area (TPSA) is 67.4 Å². The van der Waals surface area contributed by atoms with Crippen molar-refractivity contribution in [2.75, 3.05) is 13.7 Å². The predicted octanol–water partition coefficient (Wildman–Crippen LogP) is 2.75. The van der Waals surface area contributed by atoms with Gasteiger partial charge in [-0.3, -0.25) is 9.59 Å². The lowest BCUT2D eigenvalue weighted by atomic mass is 10.0. The molecule has 0 fully saturated rings. The molecule has 0 heterocycles. The molecule has 0 aliphatic heterocycles. The summed E-state index contributed by atoms with van der Waals surface area (Å²) < 4.78 is 18.2. The first-order valence-electron chi connectivity index (χ1n) is 7.88. The van der Waals surface area contributed by atoms with Gasteiger partial charge in [0, 0.05) is 11.1 Å². The van der Waals surface area contributed by atoms with Gasteiger partial charge in [0.05, 0.1) is 19.7 Å². The Balaban J connectivity index is 1.92. The molecule has 2 N–H and O–H groups in total. The minimum atomic E-state index is -0.434. The fraction of sp³-hybridized carbons (Fsp3) is 0.263. The van der Waals surface area contributed by atoms with Crippen molar-refractivity contribution < 1.29 is 18.7 Å². The Morgan fingerprint density at radius 3 is 2.48 bits per heavy atom. The van der Waals surface area contributed by atoms with Crippen molar-refractivity contribution in [3.63, 3.8) is 0 Å². The van der Waals surface area contributed by atoms with Crippen LogP contribution in [0.25, 0.3) is 0 Å². The quantitative estimate of drug-likeness (QED) is 0.847. The Labute approximate surface area is 146 Å². The van der Waals surface area contributed by atoms with E-state index in [4.69, 9.17) is 4.74 Å². The number of hydrogen-bond donors (Lipinski definition) is 2. The van der Waals surface area contributed by atoms with E-state index in [1.807, 2.05) is 32.0 Å². The number of hydrogen-bond acceptors (Lipinski definition) is 3. The summed E-state index contributed by atoms with van der Waals surface area (Å²) in [6.45, 7) is 3.63. The minimum absolute atomic E-state index is 0.172. The molecule has 2 rings (SSSR count). The number of nitrogens with one attached hydrogen (secondary N) is 2.